The van der Waals surface area contributed by atoms with Gasteiger partial charge in [0.1, 0.15) is 0 Å². The highest BCUT2D eigenvalue weighted by molar-refractivity contribution is 7.09. The Labute approximate surface area is 116 Å². The van der Waals surface area contributed by atoms with Gasteiger partial charge in [-0.05, 0) is 39.3 Å². The second-order valence-corrected chi connectivity index (χ2v) is 6.44. The first-order valence-corrected chi connectivity index (χ1v) is 7.76. The van der Waals surface area contributed by atoms with E-state index in [4.69, 9.17) is 0 Å². The third-order valence-electron chi connectivity index (χ3n) is 2.90. The number of nitrogens with one attached hydrogen (secondary N) is 1. The number of nitrogens with zero attached hydrogens (tertiary/aromatic N) is 2. The van der Waals surface area contributed by atoms with Gasteiger partial charge < -0.3 is 5.32 Å². The number of hydrogen-bond acceptors (Lipinski definition) is 4. The van der Waals surface area contributed by atoms with Crippen molar-refractivity contribution in [1.29, 1.82) is 0 Å². The van der Waals surface area contributed by atoms with Crippen LogP contribution in [0.3, 0.4) is 0 Å². The summed E-state index contributed by atoms with van der Waals surface area (Å²) in [7, 11) is 2.16. The molecular weight excluding hydrogens is 242 g/mol. The fourth-order valence-electron chi connectivity index (χ4n) is 1.87. The first-order chi connectivity index (χ1) is 8.58. The third kappa shape index (κ3) is 7.09. The maximum absolute atomic E-state index is 4.48. The number of hydrogen-bond donors (Lipinski definition) is 1. The molecule has 104 valence electrons. The van der Waals surface area contributed by atoms with Crippen LogP contribution in [0.25, 0.3) is 0 Å². The minimum atomic E-state index is 0.822. The van der Waals surface area contributed by atoms with Crippen molar-refractivity contribution in [2.24, 2.45) is 5.92 Å². The molecule has 0 fully saturated rings. The topological polar surface area (TPSA) is 28.2 Å². The summed E-state index contributed by atoms with van der Waals surface area (Å²) in [5.74, 6) is 0.822. The molecule has 3 nitrogen and oxygen atoms in total. The van der Waals surface area contributed by atoms with Crippen molar-refractivity contribution in [1.82, 2.24) is 15.2 Å². The van der Waals surface area contributed by atoms with Crippen molar-refractivity contribution in [3.63, 3.8) is 0 Å². The van der Waals surface area contributed by atoms with Crippen LogP contribution >= 0.6 is 11.3 Å². The molecule has 1 aromatic rings. The number of rotatable bonds is 9. The first-order valence-electron chi connectivity index (χ1n) is 6.88. The summed E-state index contributed by atoms with van der Waals surface area (Å²) in [6.45, 7) is 10.9. The van der Waals surface area contributed by atoms with E-state index >= 15 is 0 Å². The van der Waals surface area contributed by atoms with Gasteiger partial charge in [-0.2, -0.15) is 0 Å². The molecule has 18 heavy (non-hydrogen) atoms. The molecule has 1 aromatic heterocycles. The van der Waals surface area contributed by atoms with Gasteiger partial charge >= 0.3 is 0 Å². The monoisotopic (exact) mass is 269 g/mol. The van der Waals surface area contributed by atoms with Gasteiger partial charge in [-0.1, -0.05) is 13.8 Å². The first kappa shape index (κ1) is 15.6. The van der Waals surface area contributed by atoms with Crippen LogP contribution < -0.4 is 5.32 Å². The molecule has 0 aliphatic heterocycles. The Balaban J connectivity index is 2.01. The van der Waals surface area contributed by atoms with Gasteiger partial charge in [0.05, 0.1) is 10.7 Å². The number of aromatic nitrogens is 1. The quantitative estimate of drug-likeness (QED) is 0.699. The van der Waals surface area contributed by atoms with Gasteiger partial charge in [0.2, 0.25) is 0 Å². The molecule has 0 bridgehead atoms. The lowest BCUT2D eigenvalue weighted by Gasteiger charge is -2.15. The molecule has 1 N–H and O–H groups in total. The van der Waals surface area contributed by atoms with E-state index in [1.807, 2.05) is 0 Å². The van der Waals surface area contributed by atoms with Gasteiger partial charge in [-0.25, -0.2) is 4.98 Å². The molecule has 0 unspecified atom stereocenters. The third-order valence-corrected chi connectivity index (χ3v) is 3.73. The summed E-state index contributed by atoms with van der Waals surface area (Å²) >= 11 is 1.73. The Kier molecular flexibility index (Phi) is 7.47. The lowest BCUT2D eigenvalue weighted by atomic mass is 10.1. The molecule has 0 radical (unpaired) electrons. The smallest absolute Gasteiger partial charge is 0.0897 e. The second-order valence-electron chi connectivity index (χ2n) is 5.38. The molecule has 1 heterocycles. The molecule has 1 rings (SSSR count). The number of thiazole rings is 1. The van der Waals surface area contributed by atoms with Crippen molar-refractivity contribution in [2.75, 3.05) is 26.7 Å². The van der Waals surface area contributed by atoms with E-state index in [-0.39, 0.29) is 0 Å². The van der Waals surface area contributed by atoms with Gasteiger partial charge in [0, 0.05) is 25.0 Å². The predicted octanol–water partition coefficient (Wildman–Crippen LogP) is 2.91. The van der Waals surface area contributed by atoms with Crippen LogP contribution in [-0.2, 0) is 6.54 Å². The highest BCUT2D eigenvalue weighted by atomic mass is 32.1. The molecular formula is C14H27N3S. The van der Waals surface area contributed by atoms with Crippen molar-refractivity contribution in [3.05, 3.63) is 16.1 Å². The molecule has 0 saturated carbocycles. The van der Waals surface area contributed by atoms with Crippen molar-refractivity contribution < 1.29 is 0 Å². The zero-order valence-electron chi connectivity index (χ0n) is 12.2. The highest BCUT2D eigenvalue weighted by Gasteiger charge is 2.03. The van der Waals surface area contributed by atoms with E-state index in [2.05, 4.69) is 48.4 Å². The van der Waals surface area contributed by atoms with Crippen molar-refractivity contribution in [3.8, 4) is 0 Å². The maximum Gasteiger partial charge on any atom is 0.0897 e. The van der Waals surface area contributed by atoms with E-state index in [0.717, 1.165) is 37.1 Å². The minimum absolute atomic E-state index is 0.822. The lowest BCUT2D eigenvalue weighted by molar-refractivity contribution is 0.320. The molecule has 0 aliphatic carbocycles. The van der Waals surface area contributed by atoms with Crippen LogP contribution in [0, 0.1) is 12.8 Å². The van der Waals surface area contributed by atoms with Gasteiger partial charge in [-0.3, -0.25) is 4.90 Å². The Morgan fingerprint density at radius 1 is 1.39 bits per heavy atom. The summed E-state index contributed by atoms with van der Waals surface area (Å²) < 4.78 is 0. The van der Waals surface area contributed by atoms with E-state index in [0.29, 0.717) is 0 Å². The van der Waals surface area contributed by atoms with E-state index in [1.54, 1.807) is 11.3 Å². The average molecular weight is 269 g/mol. The summed E-state index contributed by atoms with van der Waals surface area (Å²) in [5, 5.41) is 6.82. The SMILES string of the molecule is Cc1nc(CN(C)CCNCCCC(C)C)cs1. The fraction of sp³-hybridized carbons (Fsp3) is 0.786. The average Bonchev–Trinajstić information content (AvgIpc) is 2.68. The van der Waals surface area contributed by atoms with Gasteiger partial charge in [-0.15, -0.1) is 11.3 Å². The molecule has 0 saturated heterocycles. The molecule has 0 atom stereocenters. The number of likely N-dealkylation sites (N-methyl/N-ethyl adjacent to an activating group) is 1. The molecule has 4 heteroatoms. The van der Waals surface area contributed by atoms with Crippen LogP contribution in [0.15, 0.2) is 5.38 Å². The summed E-state index contributed by atoms with van der Waals surface area (Å²) in [6.07, 6.45) is 2.60. The standard InChI is InChI=1S/C14H27N3S/c1-12(2)6-5-7-15-8-9-17(4)10-14-11-18-13(3)16-14/h11-12,15H,5-10H2,1-4H3. The van der Waals surface area contributed by atoms with E-state index in [1.165, 1.54) is 18.5 Å². The van der Waals surface area contributed by atoms with E-state index < -0.39 is 0 Å². The fourth-order valence-corrected chi connectivity index (χ4v) is 2.47. The Hall–Kier alpha value is -0.450. The maximum atomic E-state index is 4.48. The van der Waals surface area contributed by atoms with Crippen LogP contribution in [0.4, 0.5) is 0 Å². The molecule has 0 aliphatic rings. The van der Waals surface area contributed by atoms with Crippen molar-refractivity contribution in [2.45, 2.75) is 40.2 Å². The summed E-state index contributed by atoms with van der Waals surface area (Å²) in [4.78, 5) is 6.81. The zero-order chi connectivity index (χ0) is 13.4. The largest absolute Gasteiger partial charge is 0.315 e. The van der Waals surface area contributed by atoms with Crippen LogP contribution in [0.5, 0.6) is 0 Å². The van der Waals surface area contributed by atoms with Crippen molar-refractivity contribution >= 4 is 11.3 Å². The normalized spacial score (nSPS) is 11.7. The Morgan fingerprint density at radius 3 is 2.78 bits per heavy atom. The van der Waals surface area contributed by atoms with Gasteiger partial charge in [0.25, 0.3) is 0 Å². The minimum Gasteiger partial charge on any atom is -0.315 e. The number of aryl methyl sites for hydroxylation is 1. The molecule has 0 aromatic carbocycles. The Morgan fingerprint density at radius 2 is 2.17 bits per heavy atom. The Bertz CT molecular complexity index is 323. The summed E-state index contributed by atoms with van der Waals surface area (Å²) in [6, 6.07) is 0. The molecule has 0 spiro atoms. The molecule has 0 amide bonds. The van der Waals surface area contributed by atoms with Gasteiger partial charge in [0.15, 0.2) is 0 Å². The van der Waals surface area contributed by atoms with Crippen LogP contribution in [-0.4, -0.2) is 36.6 Å². The van der Waals surface area contributed by atoms with E-state index in [9.17, 15) is 0 Å². The predicted molar refractivity (Wildman–Crippen MR) is 80.1 cm³/mol. The highest BCUT2D eigenvalue weighted by Crippen LogP contribution is 2.09. The zero-order valence-corrected chi connectivity index (χ0v) is 13.0. The van der Waals surface area contributed by atoms with Crippen LogP contribution in [0.2, 0.25) is 0 Å². The van der Waals surface area contributed by atoms with Crippen LogP contribution in [0.1, 0.15) is 37.4 Å². The second kappa shape index (κ2) is 8.62. The lowest BCUT2D eigenvalue weighted by Crippen LogP contribution is -2.29. The summed E-state index contributed by atoms with van der Waals surface area (Å²) in [5.41, 5.74) is 1.19.